The highest BCUT2D eigenvalue weighted by Gasteiger charge is 2.33. The maximum Gasteiger partial charge on any atom is 0.180 e. The number of nitrogens with two attached hydrogens (primary N) is 1. The summed E-state index contributed by atoms with van der Waals surface area (Å²) in [5, 5.41) is 5.45. The van der Waals surface area contributed by atoms with Gasteiger partial charge in [-0.2, -0.15) is 0 Å². The molecular weight excluding hydrogens is 276 g/mol. The third-order valence-electron chi connectivity index (χ3n) is 5.27. The Kier molecular flexibility index (Phi) is 3.76. The Morgan fingerprint density at radius 1 is 1.23 bits per heavy atom. The molecule has 2 fully saturated rings. The molecule has 3 heterocycles. The molecule has 2 aliphatic rings. The highest BCUT2D eigenvalue weighted by Crippen LogP contribution is 2.32. The first-order valence-corrected chi connectivity index (χ1v) is 8.38. The molecule has 5 heteroatoms. The van der Waals surface area contributed by atoms with E-state index >= 15 is 0 Å². The van der Waals surface area contributed by atoms with Crippen molar-refractivity contribution in [3.63, 3.8) is 0 Å². The molecule has 1 aromatic carbocycles. The van der Waals surface area contributed by atoms with Gasteiger partial charge >= 0.3 is 0 Å². The van der Waals surface area contributed by atoms with Crippen molar-refractivity contribution < 1.29 is 4.52 Å². The number of hydrogen-bond donors (Lipinski definition) is 1. The second kappa shape index (κ2) is 5.89. The molecule has 4 rings (SSSR count). The summed E-state index contributed by atoms with van der Waals surface area (Å²) in [7, 11) is 0. The predicted molar refractivity (Wildman–Crippen MR) is 88.0 cm³/mol. The largest absolute Gasteiger partial charge is 0.354 e. The second-order valence-corrected chi connectivity index (χ2v) is 6.61. The average molecular weight is 300 g/mol. The van der Waals surface area contributed by atoms with Crippen LogP contribution in [0, 0.1) is 5.92 Å². The molecule has 2 aliphatic heterocycles. The zero-order valence-corrected chi connectivity index (χ0v) is 12.9. The molecule has 2 saturated heterocycles. The first kappa shape index (κ1) is 14.0. The number of benzene rings is 1. The number of nitrogens with zero attached hydrogens (tertiary/aromatic N) is 3. The van der Waals surface area contributed by atoms with Gasteiger partial charge < -0.3 is 15.2 Å². The SMILES string of the molecule is NCC[C@@H]1CCN2CCN(c3noc4ccccc34)C[C@@H]2C1. The third-order valence-corrected chi connectivity index (χ3v) is 5.27. The van der Waals surface area contributed by atoms with E-state index in [1.54, 1.807) is 0 Å². The van der Waals surface area contributed by atoms with Gasteiger partial charge in [-0.3, -0.25) is 4.90 Å². The topological polar surface area (TPSA) is 58.5 Å². The molecule has 0 aliphatic carbocycles. The summed E-state index contributed by atoms with van der Waals surface area (Å²) in [4.78, 5) is 5.05. The molecule has 2 N–H and O–H groups in total. The van der Waals surface area contributed by atoms with Gasteiger partial charge in [-0.15, -0.1) is 0 Å². The number of aromatic nitrogens is 1. The summed E-state index contributed by atoms with van der Waals surface area (Å²) < 4.78 is 5.48. The number of piperidine rings is 1. The van der Waals surface area contributed by atoms with Crippen LogP contribution in [0.3, 0.4) is 0 Å². The van der Waals surface area contributed by atoms with Crippen LogP contribution in [0.4, 0.5) is 5.82 Å². The summed E-state index contributed by atoms with van der Waals surface area (Å²) in [6, 6.07) is 8.77. The van der Waals surface area contributed by atoms with Gasteiger partial charge in [0.2, 0.25) is 0 Å². The van der Waals surface area contributed by atoms with Crippen LogP contribution in [0.1, 0.15) is 19.3 Å². The van der Waals surface area contributed by atoms with Gasteiger partial charge in [0.1, 0.15) is 0 Å². The smallest absolute Gasteiger partial charge is 0.180 e. The molecule has 1 aromatic heterocycles. The van der Waals surface area contributed by atoms with Crippen LogP contribution in [-0.2, 0) is 0 Å². The van der Waals surface area contributed by atoms with E-state index in [2.05, 4.69) is 27.1 Å². The Morgan fingerprint density at radius 3 is 3.05 bits per heavy atom. The average Bonchev–Trinajstić information content (AvgIpc) is 2.98. The van der Waals surface area contributed by atoms with Crippen LogP contribution < -0.4 is 10.6 Å². The van der Waals surface area contributed by atoms with Gasteiger partial charge in [0.15, 0.2) is 11.4 Å². The number of hydrogen-bond acceptors (Lipinski definition) is 5. The van der Waals surface area contributed by atoms with Gasteiger partial charge in [0.25, 0.3) is 0 Å². The van der Waals surface area contributed by atoms with E-state index in [4.69, 9.17) is 10.3 Å². The van der Waals surface area contributed by atoms with Crippen molar-refractivity contribution in [2.24, 2.45) is 11.7 Å². The van der Waals surface area contributed by atoms with Gasteiger partial charge in [-0.05, 0) is 50.4 Å². The van der Waals surface area contributed by atoms with E-state index < -0.39 is 0 Å². The minimum atomic E-state index is 0.634. The molecule has 2 aromatic rings. The molecule has 5 nitrogen and oxygen atoms in total. The van der Waals surface area contributed by atoms with E-state index in [0.717, 1.165) is 55.3 Å². The van der Waals surface area contributed by atoms with Crippen LogP contribution in [-0.4, -0.2) is 48.8 Å². The van der Waals surface area contributed by atoms with E-state index in [-0.39, 0.29) is 0 Å². The molecule has 2 atom stereocenters. The van der Waals surface area contributed by atoms with E-state index in [1.807, 2.05) is 12.1 Å². The maximum absolute atomic E-state index is 5.75. The molecule has 0 spiro atoms. The van der Waals surface area contributed by atoms with Crippen molar-refractivity contribution in [1.82, 2.24) is 10.1 Å². The van der Waals surface area contributed by atoms with Crippen molar-refractivity contribution >= 4 is 16.8 Å². The zero-order valence-electron chi connectivity index (χ0n) is 12.9. The lowest BCUT2D eigenvalue weighted by Crippen LogP contribution is -2.56. The van der Waals surface area contributed by atoms with Gasteiger partial charge in [0.05, 0.1) is 5.39 Å². The maximum atomic E-state index is 5.75. The highest BCUT2D eigenvalue weighted by molar-refractivity contribution is 5.88. The predicted octanol–water partition coefficient (Wildman–Crippen LogP) is 2.08. The molecule has 0 saturated carbocycles. The number of anilines is 1. The fraction of sp³-hybridized carbons (Fsp3) is 0.588. The zero-order chi connectivity index (χ0) is 14.9. The summed E-state index contributed by atoms with van der Waals surface area (Å²) in [5.41, 5.74) is 6.63. The molecule has 0 amide bonds. The van der Waals surface area contributed by atoms with Crippen molar-refractivity contribution in [1.29, 1.82) is 0 Å². The second-order valence-electron chi connectivity index (χ2n) is 6.61. The lowest BCUT2D eigenvalue weighted by Gasteiger charge is -2.46. The van der Waals surface area contributed by atoms with Crippen molar-refractivity contribution in [3.05, 3.63) is 24.3 Å². The van der Waals surface area contributed by atoms with E-state index in [1.165, 1.54) is 19.4 Å². The quantitative estimate of drug-likeness (QED) is 0.940. The van der Waals surface area contributed by atoms with Crippen LogP contribution >= 0.6 is 0 Å². The minimum Gasteiger partial charge on any atom is -0.354 e. The number of rotatable bonds is 3. The van der Waals surface area contributed by atoms with Crippen LogP contribution in [0.5, 0.6) is 0 Å². The fourth-order valence-electron chi connectivity index (χ4n) is 4.05. The minimum absolute atomic E-state index is 0.634. The Balaban J connectivity index is 1.52. The van der Waals surface area contributed by atoms with Crippen molar-refractivity contribution in [3.8, 4) is 0 Å². The number of piperazine rings is 1. The van der Waals surface area contributed by atoms with Gasteiger partial charge in [0, 0.05) is 25.7 Å². The summed E-state index contributed by atoms with van der Waals surface area (Å²) in [6.07, 6.45) is 3.74. The van der Waals surface area contributed by atoms with E-state index in [0.29, 0.717) is 6.04 Å². The fourth-order valence-corrected chi connectivity index (χ4v) is 4.05. The monoisotopic (exact) mass is 300 g/mol. The lowest BCUT2D eigenvalue weighted by atomic mass is 9.87. The molecule has 0 bridgehead atoms. The Labute approximate surface area is 131 Å². The molecule has 22 heavy (non-hydrogen) atoms. The molecule has 118 valence electrons. The summed E-state index contributed by atoms with van der Waals surface area (Å²) in [6.45, 7) is 5.26. The Bertz CT molecular complexity index is 640. The normalized spacial score (nSPS) is 26.3. The molecular formula is C17H24N4O. The molecule has 0 radical (unpaired) electrons. The van der Waals surface area contributed by atoms with Crippen LogP contribution in [0.2, 0.25) is 0 Å². The standard InChI is InChI=1S/C17H24N4O/c18-7-5-13-6-8-20-9-10-21(12-14(20)11-13)17-15-3-1-2-4-16(15)22-19-17/h1-4,13-14H,5-12,18H2/t13-,14+/m1/s1. The molecule has 0 unspecified atom stereocenters. The Hall–Kier alpha value is -1.59. The number of fused-ring (bicyclic) bond motifs is 2. The van der Waals surface area contributed by atoms with Gasteiger partial charge in [-0.25, -0.2) is 0 Å². The first-order valence-electron chi connectivity index (χ1n) is 8.38. The number of para-hydroxylation sites is 1. The first-order chi connectivity index (χ1) is 10.8. The van der Waals surface area contributed by atoms with Crippen molar-refractivity contribution in [2.75, 3.05) is 37.6 Å². The van der Waals surface area contributed by atoms with Crippen LogP contribution in [0.15, 0.2) is 28.8 Å². The van der Waals surface area contributed by atoms with Crippen molar-refractivity contribution in [2.45, 2.75) is 25.3 Å². The van der Waals surface area contributed by atoms with Crippen LogP contribution in [0.25, 0.3) is 11.0 Å². The highest BCUT2D eigenvalue weighted by atomic mass is 16.5. The summed E-state index contributed by atoms with van der Waals surface area (Å²) in [5.74, 6) is 1.80. The third kappa shape index (κ3) is 2.48. The Morgan fingerprint density at radius 2 is 2.14 bits per heavy atom. The lowest BCUT2D eigenvalue weighted by molar-refractivity contribution is 0.0972. The summed E-state index contributed by atoms with van der Waals surface area (Å²) >= 11 is 0. The van der Waals surface area contributed by atoms with Gasteiger partial charge in [-0.1, -0.05) is 17.3 Å². The van der Waals surface area contributed by atoms with E-state index in [9.17, 15) is 0 Å².